The van der Waals surface area contributed by atoms with E-state index in [4.69, 9.17) is 4.74 Å². The summed E-state index contributed by atoms with van der Waals surface area (Å²) in [4.78, 5) is 2.67. The average Bonchev–Trinajstić information content (AvgIpc) is 2.73. The van der Waals surface area contributed by atoms with Gasteiger partial charge in [0.1, 0.15) is 0 Å². The zero-order chi connectivity index (χ0) is 19.6. The van der Waals surface area contributed by atoms with Crippen molar-refractivity contribution in [3.8, 4) is 0 Å². The number of benzene rings is 3. The smallest absolute Gasteiger partial charge is 0.208 e. The predicted octanol–water partition coefficient (Wildman–Crippen LogP) is 4.25. The maximum atomic E-state index is 13.6. The Morgan fingerprint density at radius 3 is 2.36 bits per heavy atom. The molecule has 0 spiro atoms. The Morgan fingerprint density at radius 1 is 0.929 bits per heavy atom. The lowest BCUT2D eigenvalue weighted by Gasteiger charge is -2.26. The predicted molar refractivity (Wildman–Crippen MR) is 113 cm³/mol. The first-order chi connectivity index (χ1) is 13.6. The molecule has 5 heteroatoms. The van der Waals surface area contributed by atoms with Crippen LogP contribution >= 0.6 is 0 Å². The van der Waals surface area contributed by atoms with E-state index < -0.39 is 9.84 Å². The van der Waals surface area contributed by atoms with Gasteiger partial charge in [0, 0.05) is 24.9 Å². The van der Waals surface area contributed by atoms with Crippen molar-refractivity contribution in [1.29, 1.82) is 0 Å². The molecule has 1 aliphatic rings. The first-order valence-corrected chi connectivity index (χ1v) is 10.9. The molecule has 0 aliphatic carbocycles. The summed E-state index contributed by atoms with van der Waals surface area (Å²) in [6.07, 6.45) is 1.79. The van der Waals surface area contributed by atoms with Crippen molar-refractivity contribution < 1.29 is 13.2 Å². The fraction of sp³-hybridized carbons (Fsp3) is 0.217. The van der Waals surface area contributed by atoms with E-state index in [9.17, 15) is 8.42 Å². The van der Waals surface area contributed by atoms with Crippen molar-refractivity contribution >= 4 is 25.5 Å². The Bertz CT molecular complexity index is 1110. The van der Waals surface area contributed by atoms with Gasteiger partial charge in [-0.1, -0.05) is 60.2 Å². The maximum absolute atomic E-state index is 13.6. The lowest BCUT2D eigenvalue weighted by molar-refractivity contribution is 0.0597. The Morgan fingerprint density at radius 2 is 1.61 bits per heavy atom. The molecule has 0 atom stereocenters. The van der Waals surface area contributed by atoms with E-state index >= 15 is 0 Å². The van der Waals surface area contributed by atoms with Gasteiger partial charge in [-0.25, -0.2) is 8.42 Å². The van der Waals surface area contributed by atoms with Crippen LogP contribution in [0.3, 0.4) is 0 Å². The SMILES string of the molecule is Cc1ccc(S(=O)(=O)C(=CN2CCOCC2)c2cccc3ccccc23)cc1. The molecular weight excluding hydrogens is 370 g/mol. The van der Waals surface area contributed by atoms with Crippen LogP contribution in [-0.2, 0) is 14.6 Å². The van der Waals surface area contributed by atoms with Crippen LogP contribution in [0, 0.1) is 6.92 Å². The summed E-state index contributed by atoms with van der Waals surface area (Å²) >= 11 is 0. The van der Waals surface area contributed by atoms with E-state index in [1.807, 2.05) is 66.4 Å². The van der Waals surface area contributed by atoms with Crippen molar-refractivity contribution in [2.45, 2.75) is 11.8 Å². The number of morpholine rings is 1. The molecule has 0 radical (unpaired) electrons. The maximum Gasteiger partial charge on any atom is 0.208 e. The molecule has 0 amide bonds. The zero-order valence-electron chi connectivity index (χ0n) is 15.8. The van der Waals surface area contributed by atoms with Crippen LogP contribution in [-0.4, -0.2) is 39.6 Å². The monoisotopic (exact) mass is 393 g/mol. The topological polar surface area (TPSA) is 46.6 Å². The normalized spacial score (nSPS) is 15.8. The molecule has 3 aromatic carbocycles. The molecule has 0 saturated carbocycles. The fourth-order valence-corrected chi connectivity index (χ4v) is 4.94. The standard InChI is InChI=1S/C23H23NO3S/c1-18-9-11-20(12-10-18)28(25,26)23(17-24-13-15-27-16-14-24)22-8-4-6-19-5-2-3-7-21(19)22/h2-12,17H,13-16H2,1H3. The Kier molecular flexibility index (Phi) is 5.20. The Hall–Kier alpha value is -2.63. The lowest BCUT2D eigenvalue weighted by Crippen LogP contribution is -2.32. The van der Waals surface area contributed by atoms with Crippen LogP contribution in [0.15, 0.2) is 77.8 Å². The third-order valence-corrected chi connectivity index (χ3v) is 6.82. The summed E-state index contributed by atoms with van der Waals surface area (Å²) in [5, 5.41) is 1.95. The van der Waals surface area contributed by atoms with E-state index in [-0.39, 0.29) is 0 Å². The number of rotatable bonds is 4. The third-order valence-electron chi connectivity index (χ3n) is 5.02. The van der Waals surface area contributed by atoms with Gasteiger partial charge >= 0.3 is 0 Å². The number of aryl methyl sites for hydroxylation is 1. The van der Waals surface area contributed by atoms with Crippen molar-refractivity contribution in [2.24, 2.45) is 0 Å². The largest absolute Gasteiger partial charge is 0.378 e. The molecule has 0 aromatic heterocycles. The summed E-state index contributed by atoms with van der Waals surface area (Å²) < 4.78 is 32.7. The molecule has 0 N–H and O–H groups in total. The minimum absolute atomic E-state index is 0.311. The number of hydrogen-bond donors (Lipinski definition) is 0. The molecular formula is C23H23NO3S. The Labute approximate surface area is 166 Å². The summed E-state index contributed by atoms with van der Waals surface area (Å²) in [7, 11) is -3.68. The molecule has 3 aromatic rings. The highest BCUT2D eigenvalue weighted by Crippen LogP contribution is 2.33. The minimum Gasteiger partial charge on any atom is -0.378 e. The lowest BCUT2D eigenvalue weighted by atomic mass is 10.0. The van der Waals surface area contributed by atoms with Crippen LogP contribution in [0.1, 0.15) is 11.1 Å². The quantitative estimate of drug-likeness (QED) is 0.665. The fourth-order valence-electron chi connectivity index (χ4n) is 3.44. The third kappa shape index (κ3) is 3.68. The molecule has 0 bridgehead atoms. The first-order valence-electron chi connectivity index (χ1n) is 9.39. The van der Waals surface area contributed by atoms with Crippen LogP contribution in [0.4, 0.5) is 0 Å². The molecule has 1 aliphatic heterocycles. The molecule has 144 valence electrons. The molecule has 1 saturated heterocycles. The summed E-state index contributed by atoms with van der Waals surface area (Å²) in [6.45, 7) is 4.51. The number of fused-ring (bicyclic) bond motifs is 1. The van der Waals surface area contributed by atoms with Crippen molar-refractivity contribution in [1.82, 2.24) is 4.90 Å². The van der Waals surface area contributed by atoms with Crippen molar-refractivity contribution in [2.75, 3.05) is 26.3 Å². The highest BCUT2D eigenvalue weighted by Gasteiger charge is 2.25. The molecule has 28 heavy (non-hydrogen) atoms. The van der Waals surface area contributed by atoms with Crippen LogP contribution in [0.2, 0.25) is 0 Å². The molecule has 4 nitrogen and oxygen atoms in total. The van der Waals surface area contributed by atoms with Gasteiger partial charge in [0.25, 0.3) is 0 Å². The second-order valence-electron chi connectivity index (χ2n) is 6.98. The van der Waals surface area contributed by atoms with Crippen LogP contribution < -0.4 is 0 Å². The highest BCUT2D eigenvalue weighted by molar-refractivity contribution is 8.00. The van der Waals surface area contributed by atoms with E-state index in [1.54, 1.807) is 18.3 Å². The number of sulfone groups is 1. The van der Waals surface area contributed by atoms with Crippen LogP contribution in [0.5, 0.6) is 0 Å². The van der Waals surface area contributed by atoms with Gasteiger partial charge in [-0.2, -0.15) is 0 Å². The van der Waals surface area contributed by atoms with Gasteiger partial charge in [-0.3, -0.25) is 0 Å². The number of ether oxygens (including phenoxy) is 1. The second-order valence-corrected chi connectivity index (χ2v) is 8.90. The van der Waals surface area contributed by atoms with Gasteiger partial charge in [0.15, 0.2) is 0 Å². The molecule has 1 heterocycles. The van der Waals surface area contributed by atoms with E-state index in [2.05, 4.69) is 0 Å². The van der Waals surface area contributed by atoms with Gasteiger partial charge in [-0.05, 0) is 29.8 Å². The Balaban J connectivity index is 1.91. The van der Waals surface area contributed by atoms with E-state index in [0.29, 0.717) is 36.1 Å². The van der Waals surface area contributed by atoms with Gasteiger partial charge < -0.3 is 9.64 Å². The van der Waals surface area contributed by atoms with Gasteiger partial charge in [-0.15, -0.1) is 0 Å². The van der Waals surface area contributed by atoms with Crippen LogP contribution in [0.25, 0.3) is 15.7 Å². The molecule has 4 rings (SSSR count). The molecule has 0 unspecified atom stereocenters. The van der Waals surface area contributed by atoms with E-state index in [0.717, 1.165) is 21.9 Å². The van der Waals surface area contributed by atoms with E-state index in [1.165, 1.54) is 0 Å². The van der Waals surface area contributed by atoms with Gasteiger partial charge in [0.2, 0.25) is 9.84 Å². The minimum atomic E-state index is -3.68. The number of hydrogen-bond acceptors (Lipinski definition) is 4. The van der Waals surface area contributed by atoms with Gasteiger partial charge in [0.05, 0.1) is 23.0 Å². The second kappa shape index (κ2) is 7.78. The van der Waals surface area contributed by atoms with Crippen molar-refractivity contribution in [3.05, 3.63) is 84.1 Å². The number of nitrogens with zero attached hydrogens (tertiary/aromatic N) is 1. The zero-order valence-corrected chi connectivity index (χ0v) is 16.7. The summed E-state index contributed by atoms with van der Waals surface area (Å²) in [5.41, 5.74) is 1.76. The highest BCUT2D eigenvalue weighted by atomic mass is 32.2. The average molecular weight is 394 g/mol. The van der Waals surface area contributed by atoms with Crippen molar-refractivity contribution in [3.63, 3.8) is 0 Å². The summed E-state index contributed by atoms with van der Waals surface area (Å²) in [5.74, 6) is 0. The summed E-state index contributed by atoms with van der Waals surface area (Å²) in [6, 6.07) is 20.7. The molecule has 1 fully saturated rings. The first kappa shape index (κ1) is 18.7.